The average molecular weight is 254 g/mol. The van der Waals surface area contributed by atoms with Crippen LogP contribution in [0.2, 0.25) is 0 Å². The summed E-state index contributed by atoms with van der Waals surface area (Å²) in [4.78, 5) is 9.88. The second-order valence-electron chi connectivity index (χ2n) is 2.36. The van der Waals surface area contributed by atoms with Crippen molar-refractivity contribution in [2.45, 2.75) is 41.5 Å². The third-order valence-electron chi connectivity index (χ3n) is 1.46. The van der Waals surface area contributed by atoms with Gasteiger partial charge in [-0.15, -0.1) is 0 Å². The highest BCUT2D eigenvalue weighted by molar-refractivity contribution is 5.46. The highest BCUT2D eigenvalue weighted by Gasteiger charge is 1.86. The lowest BCUT2D eigenvalue weighted by Crippen LogP contribution is -2.20. The third-order valence-corrected chi connectivity index (χ3v) is 1.46. The van der Waals surface area contributed by atoms with Crippen LogP contribution in [-0.2, 0) is 4.79 Å². The highest BCUT2D eigenvalue weighted by Crippen LogP contribution is 2.02. The van der Waals surface area contributed by atoms with Crippen molar-refractivity contribution in [2.24, 2.45) is 0 Å². The molecule has 0 aliphatic carbocycles. The van der Waals surface area contributed by atoms with Gasteiger partial charge in [0.25, 0.3) is 0 Å². The summed E-state index contributed by atoms with van der Waals surface area (Å²) in [6, 6.07) is 9.88. The molecule has 0 radical (unpaired) electrons. The van der Waals surface area contributed by atoms with Gasteiger partial charge in [0.2, 0.25) is 6.41 Å². The van der Waals surface area contributed by atoms with Gasteiger partial charge in [0.05, 0.1) is 0 Å². The first kappa shape index (κ1) is 21.7. The lowest BCUT2D eigenvalue weighted by atomic mass is 10.3. The van der Waals surface area contributed by atoms with Crippen LogP contribution in [0, 0.1) is 0 Å². The fourth-order valence-electron chi connectivity index (χ4n) is 0.894. The van der Waals surface area contributed by atoms with E-state index in [0.29, 0.717) is 13.0 Å². The molecular weight excluding hydrogens is 224 g/mol. The molecule has 0 aromatic heterocycles. The molecule has 106 valence electrons. The number of nitrogens with one attached hydrogen (secondary N) is 2. The zero-order chi connectivity index (χ0) is 14.6. The van der Waals surface area contributed by atoms with Gasteiger partial charge in [0.1, 0.15) is 0 Å². The molecule has 0 aliphatic rings. The predicted molar refractivity (Wildman–Crippen MR) is 83.0 cm³/mol. The zero-order valence-corrected chi connectivity index (χ0v) is 12.8. The van der Waals surface area contributed by atoms with E-state index in [4.69, 9.17) is 0 Å². The SMILES string of the molecule is CC.CC.CC.O=CNCCNc1ccccc1. The van der Waals surface area contributed by atoms with Gasteiger partial charge in [-0.1, -0.05) is 59.7 Å². The minimum atomic E-state index is 0.651. The van der Waals surface area contributed by atoms with Crippen LogP contribution in [0.3, 0.4) is 0 Å². The number of carbonyl (C=O) groups is 1. The summed E-state index contributed by atoms with van der Waals surface area (Å²) in [6.45, 7) is 13.4. The molecule has 0 heterocycles. The molecule has 0 saturated heterocycles. The van der Waals surface area contributed by atoms with Crippen molar-refractivity contribution in [3.63, 3.8) is 0 Å². The van der Waals surface area contributed by atoms with E-state index in [9.17, 15) is 4.79 Å². The molecule has 2 N–H and O–H groups in total. The molecule has 0 aliphatic heterocycles. The topological polar surface area (TPSA) is 41.1 Å². The Labute approximate surface area is 113 Å². The van der Waals surface area contributed by atoms with Crippen LogP contribution in [0.15, 0.2) is 30.3 Å². The van der Waals surface area contributed by atoms with E-state index < -0.39 is 0 Å². The van der Waals surface area contributed by atoms with Crippen molar-refractivity contribution in [2.75, 3.05) is 18.4 Å². The summed E-state index contributed by atoms with van der Waals surface area (Å²) in [6.07, 6.45) is 0.701. The van der Waals surface area contributed by atoms with E-state index in [1.54, 1.807) is 0 Å². The van der Waals surface area contributed by atoms with Crippen LogP contribution >= 0.6 is 0 Å². The van der Waals surface area contributed by atoms with Crippen molar-refractivity contribution >= 4 is 12.1 Å². The normalized spacial score (nSPS) is 7.00. The Morgan fingerprint density at radius 1 is 0.889 bits per heavy atom. The highest BCUT2D eigenvalue weighted by atomic mass is 16.1. The minimum Gasteiger partial charge on any atom is -0.383 e. The Hall–Kier alpha value is -1.51. The Balaban J connectivity index is -0.000000328. The minimum absolute atomic E-state index is 0.651. The second kappa shape index (κ2) is 24.6. The molecule has 1 aromatic rings. The van der Waals surface area contributed by atoms with E-state index in [1.807, 2.05) is 71.9 Å². The fraction of sp³-hybridized carbons (Fsp3) is 0.533. The van der Waals surface area contributed by atoms with Gasteiger partial charge >= 0.3 is 0 Å². The molecule has 1 amide bonds. The van der Waals surface area contributed by atoms with Crippen molar-refractivity contribution in [3.8, 4) is 0 Å². The number of anilines is 1. The number of hydrogen-bond donors (Lipinski definition) is 2. The maximum atomic E-state index is 9.88. The van der Waals surface area contributed by atoms with Crippen molar-refractivity contribution in [1.82, 2.24) is 5.32 Å². The van der Waals surface area contributed by atoms with Gasteiger partial charge < -0.3 is 10.6 Å². The van der Waals surface area contributed by atoms with Gasteiger partial charge in [-0.2, -0.15) is 0 Å². The van der Waals surface area contributed by atoms with E-state index in [0.717, 1.165) is 12.2 Å². The van der Waals surface area contributed by atoms with E-state index >= 15 is 0 Å². The summed E-state index contributed by atoms with van der Waals surface area (Å²) in [5, 5.41) is 5.73. The van der Waals surface area contributed by atoms with Crippen LogP contribution in [0.25, 0.3) is 0 Å². The first-order chi connectivity index (χ1) is 8.93. The van der Waals surface area contributed by atoms with Crippen LogP contribution in [-0.4, -0.2) is 19.5 Å². The summed E-state index contributed by atoms with van der Waals surface area (Å²) in [5.74, 6) is 0. The molecule has 1 rings (SSSR count). The van der Waals surface area contributed by atoms with Gasteiger partial charge in [-0.3, -0.25) is 4.79 Å². The Bertz CT molecular complexity index is 225. The van der Waals surface area contributed by atoms with Gasteiger partial charge in [0.15, 0.2) is 0 Å². The first-order valence-corrected chi connectivity index (χ1v) is 6.89. The average Bonchev–Trinajstić information content (AvgIpc) is 2.51. The molecular formula is C15H30N2O. The standard InChI is InChI=1S/C9H12N2O.3C2H6/c12-8-10-6-7-11-9-4-2-1-3-5-9;3*1-2/h1-5,8,11H,6-7H2,(H,10,12);3*1-2H3. The van der Waals surface area contributed by atoms with Crippen molar-refractivity contribution in [3.05, 3.63) is 30.3 Å². The predicted octanol–water partition coefficient (Wildman–Crippen LogP) is 3.92. The maximum absolute atomic E-state index is 9.88. The molecule has 18 heavy (non-hydrogen) atoms. The molecule has 0 fully saturated rings. The van der Waals surface area contributed by atoms with Gasteiger partial charge in [0, 0.05) is 18.8 Å². The number of para-hydroxylation sites is 1. The summed E-state index contributed by atoms with van der Waals surface area (Å²) in [7, 11) is 0. The maximum Gasteiger partial charge on any atom is 0.207 e. The van der Waals surface area contributed by atoms with Crippen LogP contribution in [0.5, 0.6) is 0 Å². The lowest BCUT2D eigenvalue weighted by Gasteiger charge is -2.04. The molecule has 0 bridgehead atoms. The van der Waals surface area contributed by atoms with Crippen LogP contribution in [0.4, 0.5) is 5.69 Å². The molecule has 3 heteroatoms. The Morgan fingerprint density at radius 2 is 1.39 bits per heavy atom. The Kier molecular flexibility index (Phi) is 29.8. The Morgan fingerprint density at radius 3 is 1.83 bits per heavy atom. The zero-order valence-electron chi connectivity index (χ0n) is 12.8. The smallest absolute Gasteiger partial charge is 0.207 e. The summed E-state index contributed by atoms with van der Waals surface area (Å²) >= 11 is 0. The third kappa shape index (κ3) is 16.9. The van der Waals surface area contributed by atoms with E-state index in [-0.39, 0.29) is 0 Å². The molecule has 0 spiro atoms. The molecule has 1 aromatic carbocycles. The molecule has 0 unspecified atom stereocenters. The largest absolute Gasteiger partial charge is 0.383 e. The van der Waals surface area contributed by atoms with Crippen molar-refractivity contribution < 1.29 is 4.79 Å². The summed E-state index contributed by atoms with van der Waals surface area (Å²) in [5.41, 5.74) is 1.07. The quantitative estimate of drug-likeness (QED) is 0.617. The lowest BCUT2D eigenvalue weighted by molar-refractivity contribution is -0.109. The van der Waals surface area contributed by atoms with Crippen molar-refractivity contribution in [1.29, 1.82) is 0 Å². The van der Waals surface area contributed by atoms with Gasteiger partial charge in [-0.25, -0.2) is 0 Å². The number of benzene rings is 1. The molecule has 3 nitrogen and oxygen atoms in total. The van der Waals surface area contributed by atoms with E-state index in [2.05, 4.69) is 10.6 Å². The summed E-state index contributed by atoms with van der Waals surface area (Å²) < 4.78 is 0. The number of hydrogen-bond acceptors (Lipinski definition) is 2. The van der Waals surface area contributed by atoms with E-state index in [1.165, 1.54) is 0 Å². The molecule has 0 atom stereocenters. The number of carbonyl (C=O) groups excluding carboxylic acids is 1. The number of amides is 1. The fourth-order valence-corrected chi connectivity index (χ4v) is 0.894. The van der Waals surface area contributed by atoms with Crippen LogP contribution in [0.1, 0.15) is 41.5 Å². The van der Waals surface area contributed by atoms with Gasteiger partial charge in [-0.05, 0) is 12.1 Å². The first-order valence-electron chi connectivity index (χ1n) is 6.89. The van der Waals surface area contributed by atoms with Crippen LogP contribution < -0.4 is 10.6 Å². The number of rotatable bonds is 5. The molecule has 0 saturated carbocycles. The monoisotopic (exact) mass is 254 g/mol. The second-order valence-corrected chi connectivity index (χ2v) is 2.36.